The predicted octanol–water partition coefficient (Wildman–Crippen LogP) is 3.27. The minimum Gasteiger partial charge on any atom is -0.477 e. The largest absolute Gasteiger partial charge is 0.477 e. The van der Waals surface area contributed by atoms with E-state index in [1.165, 1.54) is 18.3 Å². The molecule has 4 heterocycles. The van der Waals surface area contributed by atoms with Crippen LogP contribution >= 0.6 is 0 Å². The molecule has 1 saturated heterocycles. The van der Waals surface area contributed by atoms with Crippen molar-refractivity contribution >= 4 is 17.0 Å². The van der Waals surface area contributed by atoms with E-state index in [0.717, 1.165) is 10.7 Å². The molecule has 0 N–H and O–H groups in total. The molecule has 1 aliphatic heterocycles. The monoisotopic (exact) mass is 440 g/mol. The zero-order valence-electron chi connectivity index (χ0n) is 16.0. The number of hydrogen-bond acceptors (Lipinski definition) is 6. The highest BCUT2D eigenvalue weighted by Gasteiger charge is 2.56. The molecule has 1 aliphatic carbocycles. The Hall–Kier alpha value is -3.05. The number of hydrogen-bond donors (Lipinski definition) is 0. The van der Waals surface area contributed by atoms with Gasteiger partial charge in [0.15, 0.2) is 5.65 Å². The van der Waals surface area contributed by atoms with Gasteiger partial charge in [-0.1, -0.05) is 6.07 Å². The van der Waals surface area contributed by atoms with Crippen LogP contribution in [0.15, 0.2) is 30.6 Å². The quantitative estimate of drug-likeness (QED) is 0.548. The third-order valence-electron chi connectivity index (χ3n) is 5.78. The van der Waals surface area contributed by atoms with Crippen molar-refractivity contribution in [2.75, 3.05) is 24.6 Å². The molecule has 3 atom stereocenters. The van der Waals surface area contributed by atoms with E-state index in [9.17, 15) is 22.0 Å². The number of nitrogens with zero attached hydrogens (tertiary/aromatic N) is 6. The van der Waals surface area contributed by atoms with E-state index in [4.69, 9.17) is 4.74 Å². The van der Waals surface area contributed by atoms with Gasteiger partial charge in [0.1, 0.15) is 23.6 Å². The average Bonchev–Trinajstić information content (AvgIpc) is 3.04. The molecule has 3 aromatic rings. The van der Waals surface area contributed by atoms with Crippen molar-refractivity contribution in [2.45, 2.75) is 19.1 Å². The molecule has 164 valence electrons. The fraction of sp³-hybridized carbons (Fsp3) is 0.474. The lowest BCUT2D eigenvalue weighted by Gasteiger charge is -2.20. The van der Waals surface area contributed by atoms with E-state index in [1.54, 1.807) is 6.20 Å². The van der Waals surface area contributed by atoms with Crippen LogP contribution in [0.1, 0.15) is 5.69 Å². The summed E-state index contributed by atoms with van der Waals surface area (Å²) in [5.41, 5.74) is -0.213. The van der Waals surface area contributed by atoms with Gasteiger partial charge in [0.2, 0.25) is 5.88 Å². The molecule has 0 radical (unpaired) electrons. The smallest absolute Gasteiger partial charge is 0.433 e. The summed E-state index contributed by atoms with van der Waals surface area (Å²) in [5, 5.41) is 3.91. The molecule has 5 rings (SSSR count). The Morgan fingerprint density at radius 2 is 1.87 bits per heavy atom. The Bertz CT molecular complexity index is 1090. The Kier molecular flexibility index (Phi) is 4.67. The zero-order chi connectivity index (χ0) is 21.8. The number of rotatable bonds is 6. The van der Waals surface area contributed by atoms with Gasteiger partial charge in [-0.05, 0) is 17.9 Å². The van der Waals surface area contributed by atoms with Crippen molar-refractivity contribution in [1.82, 2.24) is 24.7 Å². The number of pyridine rings is 1. The zero-order valence-corrected chi connectivity index (χ0v) is 16.0. The van der Waals surface area contributed by atoms with E-state index in [-0.39, 0.29) is 11.8 Å². The molecule has 2 aliphatic rings. The number of ether oxygens (including phenoxy) is 1. The Morgan fingerprint density at radius 3 is 2.58 bits per heavy atom. The fourth-order valence-corrected chi connectivity index (χ4v) is 4.17. The third kappa shape index (κ3) is 3.86. The highest BCUT2D eigenvalue weighted by molar-refractivity contribution is 5.71. The number of aromatic nitrogens is 5. The molecule has 3 aromatic heterocycles. The summed E-state index contributed by atoms with van der Waals surface area (Å²) in [6.07, 6.45) is -4.05. The summed E-state index contributed by atoms with van der Waals surface area (Å²) in [4.78, 5) is 14.3. The summed E-state index contributed by atoms with van der Waals surface area (Å²) < 4.78 is 70.3. The number of piperidine rings is 1. The normalized spacial score (nSPS) is 22.9. The first kappa shape index (κ1) is 19.9. The SMILES string of the molecule is FC(F)Cn1ncc2ncc(N3C[C@@H]4C(COc5cccc(C(F)(F)F)n5)[C@@H]4C3)nc21. The molecule has 0 aromatic carbocycles. The first-order chi connectivity index (χ1) is 14.8. The first-order valence-corrected chi connectivity index (χ1v) is 9.68. The van der Waals surface area contributed by atoms with E-state index in [0.29, 0.717) is 48.5 Å². The second kappa shape index (κ2) is 7.27. The maximum Gasteiger partial charge on any atom is 0.433 e. The molecule has 0 bridgehead atoms. The molecular weight excluding hydrogens is 423 g/mol. The van der Waals surface area contributed by atoms with Crippen molar-refractivity contribution in [3.8, 4) is 5.88 Å². The van der Waals surface area contributed by atoms with Crippen LogP contribution in [0.5, 0.6) is 5.88 Å². The van der Waals surface area contributed by atoms with Crippen LogP contribution in [-0.2, 0) is 12.7 Å². The summed E-state index contributed by atoms with van der Waals surface area (Å²) in [5.74, 6) is 1.44. The number of anilines is 1. The van der Waals surface area contributed by atoms with Crippen LogP contribution in [0.25, 0.3) is 11.2 Å². The van der Waals surface area contributed by atoms with Gasteiger partial charge >= 0.3 is 6.18 Å². The molecule has 1 unspecified atom stereocenters. The summed E-state index contributed by atoms with van der Waals surface area (Å²) in [6.45, 7) is 1.13. The van der Waals surface area contributed by atoms with Gasteiger partial charge in [0.05, 0.1) is 19.0 Å². The van der Waals surface area contributed by atoms with E-state index in [1.807, 2.05) is 4.90 Å². The maximum absolute atomic E-state index is 12.8. The molecule has 0 amide bonds. The standard InChI is InChI=1S/C19H17F5N6O/c20-15(21)8-30-18-13(4-26-30)25-5-16(28-18)29-6-10-11(7-29)12(10)9-31-17-3-1-2-14(27-17)19(22,23)24/h1-5,10-12,15H,6-9H2/t10-,11+,12?. The predicted molar refractivity (Wildman–Crippen MR) is 98.7 cm³/mol. The number of fused-ring (bicyclic) bond motifs is 2. The summed E-state index contributed by atoms with van der Waals surface area (Å²) in [6, 6.07) is 3.59. The van der Waals surface area contributed by atoms with Crippen LogP contribution < -0.4 is 9.64 Å². The first-order valence-electron chi connectivity index (χ1n) is 9.68. The minimum absolute atomic E-state index is 0.0414. The molecule has 31 heavy (non-hydrogen) atoms. The minimum atomic E-state index is -4.51. The number of alkyl halides is 5. The van der Waals surface area contributed by atoms with Crippen LogP contribution in [-0.4, -0.2) is 50.9 Å². The van der Waals surface area contributed by atoms with Crippen molar-refractivity contribution < 1.29 is 26.7 Å². The highest BCUT2D eigenvalue weighted by Crippen LogP contribution is 2.52. The maximum atomic E-state index is 12.8. The summed E-state index contributed by atoms with van der Waals surface area (Å²) in [7, 11) is 0. The fourth-order valence-electron chi connectivity index (χ4n) is 4.17. The van der Waals surface area contributed by atoms with E-state index in [2.05, 4.69) is 20.1 Å². The average molecular weight is 440 g/mol. The summed E-state index contributed by atoms with van der Waals surface area (Å²) >= 11 is 0. The van der Waals surface area contributed by atoms with Gasteiger partial charge in [-0.2, -0.15) is 18.3 Å². The van der Waals surface area contributed by atoms with Crippen LogP contribution in [0.2, 0.25) is 0 Å². The van der Waals surface area contributed by atoms with E-state index < -0.39 is 24.8 Å². The number of halogens is 5. The van der Waals surface area contributed by atoms with Gasteiger partial charge in [0.25, 0.3) is 6.43 Å². The molecule has 2 fully saturated rings. The second-order valence-corrected chi connectivity index (χ2v) is 7.72. The Labute approximate surface area is 172 Å². The molecule has 7 nitrogen and oxygen atoms in total. The van der Waals surface area contributed by atoms with E-state index >= 15 is 0 Å². The van der Waals surface area contributed by atoms with Gasteiger partial charge in [0, 0.05) is 25.1 Å². The van der Waals surface area contributed by atoms with Gasteiger partial charge in [-0.15, -0.1) is 0 Å². The lowest BCUT2D eigenvalue weighted by molar-refractivity contribution is -0.141. The highest BCUT2D eigenvalue weighted by atomic mass is 19.4. The van der Waals surface area contributed by atoms with Crippen LogP contribution in [0, 0.1) is 17.8 Å². The molecule has 0 spiro atoms. The van der Waals surface area contributed by atoms with Gasteiger partial charge in [-0.25, -0.2) is 28.4 Å². The molecule has 1 saturated carbocycles. The van der Waals surface area contributed by atoms with Crippen LogP contribution in [0.3, 0.4) is 0 Å². The molecular formula is C19H17F5N6O. The molecule has 12 heteroatoms. The van der Waals surface area contributed by atoms with Crippen LogP contribution in [0.4, 0.5) is 27.8 Å². The van der Waals surface area contributed by atoms with Crippen molar-refractivity contribution in [1.29, 1.82) is 0 Å². The van der Waals surface area contributed by atoms with Crippen molar-refractivity contribution in [3.05, 3.63) is 36.3 Å². The van der Waals surface area contributed by atoms with Crippen molar-refractivity contribution in [2.24, 2.45) is 17.8 Å². The Balaban J connectivity index is 1.20. The van der Waals surface area contributed by atoms with Gasteiger partial charge in [-0.3, -0.25) is 0 Å². The van der Waals surface area contributed by atoms with Gasteiger partial charge < -0.3 is 9.64 Å². The second-order valence-electron chi connectivity index (χ2n) is 7.72. The lowest BCUT2D eigenvalue weighted by atomic mass is 10.3. The van der Waals surface area contributed by atoms with Crippen molar-refractivity contribution in [3.63, 3.8) is 0 Å². The third-order valence-corrected chi connectivity index (χ3v) is 5.78. The topological polar surface area (TPSA) is 69.0 Å². The lowest BCUT2D eigenvalue weighted by Crippen LogP contribution is -2.26. The Morgan fingerprint density at radius 1 is 1.10 bits per heavy atom.